The third kappa shape index (κ3) is 4.56. The summed E-state index contributed by atoms with van der Waals surface area (Å²) in [6, 6.07) is 15.5. The Morgan fingerprint density at radius 3 is 2.55 bits per heavy atom. The molecule has 1 nitrogen and oxygen atoms in total. The summed E-state index contributed by atoms with van der Waals surface area (Å²) in [6.45, 7) is 3.89. The van der Waals surface area contributed by atoms with Crippen molar-refractivity contribution in [1.29, 1.82) is 0 Å². The van der Waals surface area contributed by atoms with Gasteiger partial charge in [0.05, 0.1) is 0 Å². The van der Waals surface area contributed by atoms with E-state index in [1.807, 2.05) is 6.07 Å². The molecule has 3 heteroatoms. The molecule has 0 amide bonds. The van der Waals surface area contributed by atoms with E-state index in [0.29, 0.717) is 5.92 Å². The minimum absolute atomic E-state index is 0.161. The van der Waals surface area contributed by atoms with E-state index in [1.165, 1.54) is 15.2 Å². The number of rotatable bonds is 6. The van der Waals surface area contributed by atoms with Crippen LogP contribution in [0.5, 0.6) is 0 Å². The molecule has 106 valence electrons. The highest BCUT2D eigenvalue weighted by Crippen LogP contribution is 2.22. The van der Waals surface area contributed by atoms with Crippen molar-refractivity contribution >= 4 is 22.6 Å². The zero-order valence-corrected chi connectivity index (χ0v) is 13.7. The first-order valence-electron chi connectivity index (χ1n) is 6.89. The van der Waals surface area contributed by atoms with Gasteiger partial charge < -0.3 is 5.32 Å². The van der Waals surface area contributed by atoms with E-state index >= 15 is 0 Å². The Labute approximate surface area is 133 Å². The molecule has 0 fully saturated rings. The first-order valence-corrected chi connectivity index (χ1v) is 7.97. The summed E-state index contributed by atoms with van der Waals surface area (Å²) in [6.07, 6.45) is 0.924. The molecule has 0 aromatic heterocycles. The zero-order valence-electron chi connectivity index (χ0n) is 11.6. The van der Waals surface area contributed by atoms with Gasteiger partial charge in [-0.15, -0.1) is 0 Å². The predicted molar refractivity (Wildman–Crippen MR) is 90.5 cm³/mol. The first-order chi connectivity index (χ1) is 9.69. The van der Waals surface area contributed by atoms with Crippen LogP contribution in [0.4, 0.5) is 4.39 Å². The fraction of sp³-hybridized carbons (Fsp3) is 0.294. The molecule has 0 heterocycles. The van der Waals surface area contributed by atoms with Crippen LogP contribution in [0.2, 0.25) is 0 Å². The van der Waals surface area contributed by atoms with Crippen LogP contribution in [0.3, 0.4) is 0 Å². The van der Waals surface area contributed by atoms with Gasteiger partial charge in [-0.2, -0.15) is 0 Å². The lowest BCUT2D eigenvalue weighted by Gasteiger charge is -2.18. The number of likely N-dealkylation sites (N-methyl/N-ethyl adjacent to an activating group) is 1. The molecule has 1 unspecified atom stereocenters. The van der Waals surface area contributed by atoms with Crippen molar-refractivity contribution in [2.24, 2.45) is 0 Å². The van der Waals surface area contributed by atoms with Crippen LogP contribution in [0, 0.1) is 9.39 Å². The Morgan fingerprint density at radius 2 is 1.90 bits per heavy atom. The smallest absolute Gasteiger partial charge is 0.123 e. The van der Waals surface area contributed by atoms with E-state index in [9.17, 15) is 4.39 Å². The molecule has 1 N–H and O–H groups in total. The van der Waals surface area contributed by atoms with Gasteiger partial charge in [-0.1, -0.05) is 31.2 Å². The number of halogens is 2. The Bertz CT molecular complexity index is 539. The normalized spacial score (nSPS) is 12.3. The third-order valence-electron chi connectivity index (χ3n) is 3.36. The van der Waals surface area contributed by atoms with Crippen LogP contribution < -0.4 is 5.32 Å². The highest BCUT2D eigenvalue weighted by Gasteiger charge is 2.12. The van der Waals surface area contributed by atoms with Crippen molar-refractivity contribution in [2.45, 2.75) is 19.3 Å². The van der Waals surface area contributed by atoms with Gasteiger partial charge in [-0.05, 0) is 70.9 Å². The molecule has 2 rings (SSSR count). The Hall–Kier alpha value is -0.940. The van der Waals surface area contributed by atoms with Crippen molar-refractivity contribution < 1.29 is 4.39 Å². The summed E-state index contributed by atoms with van der Waals surface area (Å²) < 4.78 is 14.7. The SMILES string of the molecule is CCNCC(Cc1ccc(I)cc1)c1cccc(F)c1. The molecular formula is C17H19FIN. The van der Waals surface area contributed by atoms with Crippen molar-refractivity contribution in [2.75, 3.05) is 13.1 Å². The van der Waals surface area contributed by atoms with Crippen LogP contribution >= 0.6 is 22.6 Å². The van der Waals surface area contributed by atoms with E-state index in [1.54, 1.807) is 12.1 Å². The van der Waals surface area contributed by atoms with Crippen molar-refractivity contribution in [3.8, 4) is 0 Å². The Morgan fingerprint density at radius 1 is 1.15 bits per heavy atom. The van der Waals surface area contributed by atoms with E-state index < -0.39 is 0 Å². The molecule has 2 aromatic rings. The third-order valence-corrected chi connectivity index (χ3v) is 4.08. The zero-order chi connectivity index (χ0) is 14.4. The van der Waals surface area contributed by atoms with Crippen molar-refractivity contribution in [1.82, 2.24) is 5.32 Å². The molecule has 0 saturated carbocycles. The van der Waals surface area contributed by atoms with Crippen LogP contribution in [-0.4, -0.2) is 13.1 Å². The molecule has 0 saturated heterocycles. The fourth-order valence-electron chi connectivity index (χ4n) is 2.29. The molecule has 0 radical (unpaired) electrons. The monoisotopic (exact) mass is 383 g/mol. The van der Waals surface area contributed by atoms with E-state index in [-0.39, 0.29) is 5.82 Å². The van der Waals surface area contributed by atoms with Gasteiger partial charge in [0.2, 0.25) is 0 Å². The molecule has 0 aliphatic carbocycles. The van der Waals surface area contributed by atoms with E-state index in [2.05, 4.69) is 59.1 Å². The second-order valence-electron chi connectivity index (χ2n) is 4.89. The van der Waals surface area contributed by atoms with Gasteiger partial charge in [0, 0.05) is 16.0 Å². The quantitative estimate of drug-likeness (QED) is 0.731. The lowest BCUT2D eigenvalue weighted by atomic mass is 9.92. The number of nitrogens with one attached hydrogen (secondary N) is 1. The maximum absolute atomic E-state index is 13.4. The summed E-state index contributed by atoms with van der Waals surface area (Å²) in [5, 5.41) is 3.37. The average molecular weight is 383 g/mol. The standard InChI is InChI=1S/C17H19FIN/c1-2-20-12-15(14-4-3-5-16(18)11-14)10-13-6-8-17(19)9-7-13/h3-9,11,15,20H,2,10,12H2,1H3. The minimum atomic E-state index is -0.161. The molecule has 0 aliphatic rings. The van der Waals surface area contributed by atoms with Crippen molar-refractivity contribution in [3.05, 3.63) is 69.0 Å². The maximum Gasteiger partial charge on any atom is 0.123 e. The summed E-state index contributed by atoms with van der Waals surface area (Å²) >= 11 is 2.31. The second-order valence-corrected chi connectivity index (χ2v) is 6.14. The minimum Gasteiger partial charge on any atom is -0.316 e. The molecule has 0 spiro atoms. The number of hydrogen-bond donors (Lipinski definition) is 1. The molecule has 0 bridgehead atoms. The molecule has 1 atom stereocenters. The Balaban J connectivity index is 2.16. The van der Waals surface area contributed by atoms with E-state index in [4.69, 9.17) is 0 Å². The summed E-state index contributed by atoms with van der Waals surface area (Å²) in [7, 11) is 0. The van der Waals surface area contributed by atoms with Gasteiger partial charge in [-0.25, -0.2) is 4.39 Å². The lowest BCUT2D eigenvalue weighted by molar-refractivity contribution is 0.583. The number of benzene rings is 2. The molecular weight excluding hydrogens is 364 g/mol. The average Bonchev–Trinajstić information content (AvgIpc) is 2.45. The second kappa shape index (κ2) is 7.74. The fourth-order valence-corrected chi connectivity index (χ4v) is 2.65. The van der Waals surface area contributed by atoms with Crippen molar-refractivity contribution in [3.63, 3.8) is 0 Å². The predicted octanol–water partition coefficient (Wildman–Crippen LogP) is 4.37. The molecule has 20 heavy (non-hydrogen) atoms. The van der Waals surface area contributed by atoms with Gasteiger partial charge in [-0.3, -0.25) is 0 Å². The molecule has 2 aromatic carbocycles. The van der Waals surface area contributed by atoms with Gasteiger partial charge in [0.15, 0.2) is 0 Å². The van der Waals surface area contributed by atoms with Gasteiger partial charge in [0.1, 0.15) is 5.82 Å². The van der Waals surface area contributed by atoms with E-state index in [0.717, 1.165) is 25.1 Å². The molecule has 0 aliphatic heterocycles. The lowest BCUT2D eigenvalue weighted by Crippen LogP contribution is -2.22. The first kappa shape index (κ1) is 15.4. The van der Waals surface area contributed by atoms with Crippen LogP contribution in [0.25, 0.3) is 0 Å². The number of hydrogen-bond acceptors (Lipinski definition) is 1. The van der Waals surface area contributed by atoms with Gasteiger partial charge >= 0.3 is 0 Å². The van der Waals surface area contributed by atoms with Crippen LogP contribution in [0.15, 0.2) is 48.5 Å². The summed E-state index contributed by atoms with van der Waals surface area (Å²) in [4.78, 5) is 0. The largest absolute Gasteiger partial charge is 0.316 e. The highest BCUT2D eigenvalue weighted by atomic mass is 127. The van der Waals surface area contributed by atoms with Gasteiger partial charge in [0.25, 0.3) is 0 Å². The Kier molecular flexibility index (Phi) is 5.98. The summed E-state index contributed by atoms with van der Waals surface area (Å²) in [5.74, 6) is 0.136. The highest BCUT2D eigenvalue weighted by molar-refractivity contribution is 14.1. The van der Waals surface area contributed by atoms with Crippen LogP contribution in [0.1, 0.15) is 24.0 Å². The summed E-state index contributed by atoms with van der Waals surface area (Å²) in [5.41, 5.74) is 2.35. The topological polar surface area (TPSA) is 12.0 Å². The maximum atomic E-state index is 13.4. The van der Waals surface area contributed by atoms with Crippen LogP contribution in [-0.2, 0) is 6.42 Å².